The Kier molecular flexibility index (Phi) is 5.66. The number of hydrogen-bond donors (Lipinski definition) is 1. The fourth-order valence-corrected chi connectivity index (χ4v) is 2.00. The molecule has 1 aromatic carbocycles. The average Bonchev–Trinajstić information content (AvgIpc) is 3.00. The monoisotopic (exact) mass is 304 g/mol. The van der Waals surface area contributed by atoms with E-state index in [4.69, 9.17) is 0 Å². The van der Waals surface area contributed by atoms with Crippen molar-refractivity contribution in [2.75, 3.05) is 25.5 Å². The Bertz CT molecular complexity index is 613. The second-order valence-corrected chi connectivity index (χ2v) is 5.33. The van der Waals surface area contributed by atoms with Gasteiger partial charge < -0.3 is 10.2 Å². The third-order valence-corrected chi connectivity index (χ3v) is 3.45. The molecule has 22 heavy (non-hydrogen) atoms. The Labute approximate surface area is 129 Å². The number of aryl methyl sites for hydroxylation is 1. The SMILES string of the molecule is Cc1ccc(NC(=O)CCN(C)CCn2cccn2)cc1F. The first-order chi connectivity index (χ1) is 10.5. The summed E-state index contributed by atoms with van der Waals surface area (Å²) < 4.78 is 15.3. The van der Waals surface area contributed by atoms with Crippen LogP contribution in [0.5, 0.6) is 0 Å². The van der Waals surface area contributed by atoms with Crippen molar-refractivity contribution in [2.45, 2.75) is 19.9 Å². The third-order valence-electron chi connectivity index (χ3n) is 3.45. The molecule has 0 aliphatic rings. The van der Waals surface area contributed by atoms with E-state index in [-0.39, 0.29) is 11.7 Å². The Hall–Kier alpha value is -2.21. The topological polar surface area (TPSA) is 50.2 Å². The van der Waals surface area contributed by atoms with E-state index in [1.54, 1.807) is 25.3 Å². The predicted octanol–water partition coefficient (Wildman–Crippen LogP) is 2.29. The molecule has 0 aliphatic carbocycles. The lowest BCUT2D eigenvalue weighted by Crippen LogP contribution is -2.27. The molecule has 0 spiro atoms. The quantitative estimate of drug-likeness (QED) is 0.854. The second kappa shape index (κ2) is 7.70. The molecule has 1 aromatic heterocycles. The lowest BCUT2D eigenvalue weighted by molar-refractivity contribution is -0.116. The number of hydrogen-bond acceptors (Lipinski definition) is 3. The summed E-state index contributed by atoms with van der Waals surface area (Å²) in [6.07, 6.45) is 4.02. The van der Waals surface area contributed by atoms with Crippen LogP contribution in [-0.4, -0.2) is 40.7 Å². The lowest BCUT2D eigenvalue weighted by atomic mass is 10.2. The van der Waals surface area contributed by atoms with Gasteiger partial charge in [-0.15, -0.1) is 0 Å². The van der Waals surface area contributed by atoms with E-state index in [1.807, 2.05) is 24.0 Å². The maximum absolute atomic E-state index is 13.4. The van der Waals surface area contributed by atoms with Gasteiger partial charge in [0.15, 0.2) is 0 Å². The van der Waals surface area contributed by atoms with Gasteiger partial charge >= 0.3 is 0 Å². The summed E-state index contributed by atoms with van der Waals surface area (Å²) in [4.78, 5) is 13.9. The number of carbonyl (C=O) groups is 1. The zero-order valence-corrected chi connectivity index (χ0v) is 12.9. The average molecular weight is 304 g/mol. The first kappa shape index (κ1) is 16.2. The highest BCUT2D eigenvalue weighted by Crippen LogP contribution is 2.13. The molecule has 0 aliphatic heterocycles. The first-order valence-corrected chi connectivity index (χ1v) is 7.26. The van der Waals surface area contributed by atoms with Crippen molar-refractivity contribution in [2.24, 2.45) is 0 Å². The van der Waals surface area contributed by atoms with E-state index in [9.17, 15) is 9.18 Å². The molecule has 1 heterocycles. The van der Waals surface area contributed by atoms with E-state index in [0.29, 0.717) is 24.2 Å². The minimum atomic E-state index is -0.311. The summed E-state index contributed by atoms with van der Waals surface area (Å²) in [6.45, 7) is 3.93. The van der Waals surface area contributed by atoms with Crippen LogP contribution in [0.3, 0.4) is 0 Å². The highest BCUT2D eigenvalue weighted by Gasteiger charge is 2.07. The van der Waals surface area contributed by atoms with Crippen molar-refractivity contribution in [3.05, 3.63) is 48.0 Å². The van der Waals surface area contributed by atoms with Gasteiger partial charge in [-0.05, 0) is 37.7 Å². The van der Waals surface area contributed by atoms with Crippen LogP contribution < -0.4 is 5.32 Å². The van der Waals surface area contributed by atoms with Gasteiger partial charge in [0, 0.05) is 37.6 Å². The maximum Gasteiger partial charge on any atom is 0.225 e. The summed E-state index contributed by atoms with van der Waals surface area (Å²) in [5.41, 5.74) is 1.06. The van der Waals surface area contributed by atoms with E-state index in [1.165, 1.54) is 6.07 Å². The molecular formula is C16H21FN4O. The van der Waals surface area contributed by atoms with Gasteiger partial charge in [0.25, 0.3) is 0 Å². The molecule has 0 saturated carbocycles. The maximum atomic E-state index is 13.4. The van der Waals surface area contributed by atoms with E-state index in [2.05, 4.69) is 15.3 Å². The van der Waals surface area contributed by atoms with Gasteiger partial charge in [0.1, 0.15) is 5.82 Å². The third kappa shape index (κ3) is 4.96. The number of likely N-dealkylation sites (N-methyl/N-ethyl adjacent to an activating group) is 1. The van der Waals surface area contributed by atoms with Crippen molar-refractivity contribution in [1.29, 1.82) is 0 Å². The number of benzene rings is 1. The number of rotatable bonds is 7. The molecule has 0 saturated heterocycles. The lowest BCUT2D eigenvalue weighted by Gasteiger charge is -2.16. The fourth-order valence-electron chi connectivity index (χ4n) is 2.00. The molecule has 0 unspecified atom stereocenters. The molecule has 5 nitrogen and oxygen atoms in total. The molecule has 1 N–H and O–H groups in total. The normalized spacial score (nSPS) is 10.9. The van der Waals surface area contributed by atoms with Gasteiger partial charge in [0.2, 0.25) is 5.91 Å². The number of anilines is 1. The van der Waals surface area contributed by atoms with Crippen molar-refractivity contribution in [3.8, 4) is 0 Å². The van der Waals surface area contributed by atoms with E-state index >= 15 is 0 Å². The largest absolute Gasteiger partial charge is 0.326 e. The van der Waals surface area contributed by atoms with Crippen molar-refractivity contribution in [1.82, 2.24) is 14.7 Å². The second-order valence-electron chi connectivity index (χ2n) is 5.33. The number of carbonyl (C=O) groups excluding carboxylic acids is 1. The van der Waals surface area contributed by atoms with E-state index < -0.39 is 0 Å². The molecule has 118 valence electrons. The minimum Gasteiger partial charge on any atom is -0.326 e. The van der Waals surface area contributed by atoms with Crippen LogP contribution in [0.2, 0.25) is 0 Å². The molecule has 2 aromatic rings. The molecule has 1 amide bonds. The molecule has 0 fully saturated rings. The number of aromatic nitrogens is 2. The minimum absolute atomic E-state index is 0.116. The highest BCUT2D eigenvalue weighted by atomic mass is 19.1. The first-order valence-electron chi connectivity index (χ1n) is 7.26. The van der Waals surface area contributed by atoms with Gasteiger partial charge in [-0.3, -0.25) is 9.48 Å². The molecule has 2 rings (SSSR count). The van der Waals surface area contributed by atoms with Gasteiger partial charge in [-0.25, -0.2) is 4.39 Å². The highest BCUT2D eigenvalue weighted by molar-refractivity contribution is 5.90. The fraction of sp³-hybridized carbons (Fsp3) is 0.375. The van der Waals surface area contributed by atoms with Crippen molar-refractivity contribution < 1.29 is 9.18 Å². The molecule has 0 atom stereocenters. The number of nitrogens with zero attached hydrogens (tertiary/aromatic N) is 3. The molecule has 0 bridgehead atoms. The van der Waals surface area contributed by atoms with Crippen LogP contribution in [0, 0.1) is 12.7 Å². The summed E-state index contributed by atoms with van der Waals surface area (Å²) in [6, 6.07) is 6.59. The van der Waals surface area contributed by atoms with Crippen LogP contribution in [0.15, 0.2) is 36.7 Å². The van der Waals surface area contributed by atoms with Crippen molar-refractivity contribution in [3.63, 3.8) is 0 Å². The standard InChI is InChI=1S/C16H21FN4O/c1-13-4-5-14(12-15(13)17)19-16(22)6-9-20(2)10-11-21-8-3-7-18-21/h3-5,7-8,12H,6,9-11H2,1-2H3,(H,19,22). The summed E-state index contributed by atoms with van der Waals surface area (Å²) >= 11 is 0. The van der Waals surface area contributed by atoms with Crippen LogP contribution in [0.1, 0.15) is 12.0 Å². The van der Waals surface area contributed by atoms with Crippen LogP contribution in [0.4, 0.5) is 10.1 Å². The Morgan fingerprint density at radius 3 is 2.91 bits per heavy atom. The molecule has 6 heteroatoms. The van der Waals surface area contributed by atoms with E-state index in [0.717, 1.165) is 13.1 Å². The smallest absolute Gasteiger partial charge is 0.225 e. The Morgan fingerprint density at radius 1 is 1.41 bits per heavy atom. The molecule has 0 radical (unpaired) electrons. The van der Waals surface area contributed by atoms with Crippen LogP contribution in [-0.2, 0) is 11.3 Å². The summed E-state index contributed by atoms with van der Waals surface area (Å²) in [5, 5.41) is 6.84. The summed E-state index contributed by atoms with van der Waals surface area (Å²) in [5.74, 6) is -0.427. The Balaban J connectivity index is 1.71. The van der Waals surface area contributed by atoms with Gasteiger partial charge in [0.05, 0.1) is 6.54 Å². The number of halogens is 1. The number of amides is 1. The Morgan fingerprint density at radius 2 is 2.23 bits per heavy atom. The van der Waals surface area contributed by atoms with Crippen molar-refractivity contribution >= 4 is 11.6 Å². The van der Waals surface area contributed by atoms with Crippen LogP contribution >= 0.6 is 0 Å². The zero-order valence-electron chi connectivity index (χ0n) is 12.9. The van der Waals surface area contributed by atoms with Gasteiger partial charge in [-0.2, -0.15) is 5.10 Å². The molecular weight excluding hydrogens is 283 g/mol. The zero-order chi connectivity index (χ0) is 15.9. The number of nitrogens with one attached hydrogen (secondary N) is 1. The van der Waals surface area contributed by atoms with Crippen LogP contribution in [0.25, 0.3) is 0 Å². The summed E-state index contributed by atoms with van der Waals surface area (Å²) in [7, 11) is 1.96. The predicted molar refractivity (Wildman–Crippen MR) is 84.1 cm³/mol. The van der Waals surface area contributed by atoms with Gasteiger partial charge in [-0.1, -0.05) is 6.07 Å².